The van der Waals surface area contributed by atoms with E-state index in [1.54, 1.807) is 0 Å². The van der Waals surface area contributed by atoms with Crippen molar-refractivity contribution in [2.45, 2.75) is 408 Å². The standard InChI is InChI=1S/C68H133NO13/c1-3-5-7-9-11-13-15-17-19-21-23-25-27-28-30-32-34-36-38-40-42-44-46-48-50-52-60(73)69-56(55-79-67-65(78)63(76)66(59(54-71)81-67)82-68-64(77)62(75)61(74)58(53-70)80-68)57(72)51-49-47-45-43-41-39-37-35-33-31-29-26-24-22-20-18-16-14-12-10-8-6-4-2/h56-59,61-68,70-72,74-78H,3-55H2,1-2H3,(H,69,73). The summed E-state index contributed by atoms with van der Waals surface area (Å²) in [5.41, 5.74) is 0. The van der Waals surface area contributed by atoms with Gasteiger partial charge in [-0.25, -0.2) is 0 Å². The minimum absolute atomic E-state index is 0.197. The maximum atomic E-state index is 13.3. The summed E-state index contributed by atoms with van der Waals surface area (Å²) in [4.78, 5) is 13.3. The predicted octanol–water partition coefficient (Wildman–Crippen LogP) is 14.0. The Hall–Kier alpha value is -1.01. The van der Waals surface area contributed by atoms with Gasteiger partial charge in [0.25, 0.3) is 0 Å². The average Bonchev–Trinajstić information content (AvgIpc) is 3.56. The number of aliphatic hydroxyl groups excluding tert-OH is 8. The van der Waals surface area contributed by atoms with E-state index in [1.165, 1.54) is 257 Å². The van der Waals surface area contributed by atoms with Gasteiger partial charge in [0.1, 0.15) is 48.8 Å². The summed E-state index contributed by atoms with van der Waals surface area (Å²) in [5.74, 6) is -0.197. The van der Waals surface area contributed by atoms with Gasteiger partial charge in [-0.05, 0) is 12.8 Å². The number of ether oxygens (including phenoxy) is 4. The Morgan fingerprint density at radius 1 is 0.390 bits per heavy atom. The van der Waals surface area contributed by atoms with Gasteiger partial charge in [-0.1, -0.05) is 316 Å². The zero-order valence-corrected chi connectivity index (χ0v) is 53.0. The van der Waals surface area contributed by atoms with E-state index in [0.29, 0.717) is 12.8 Å². The van der Waals surface area contributed by atoms with Crippen LogP contribution in [0.2, 0.25) is 0 Å². The van der Waals surface area contributed by atoms with Crippen molar-refractivity contribution in [2.24, 2.45) is 0 Å². The molecule has 0 spiro atoms. The van der Waals surface area contributed by atoms with Crippen LogP contribution < -0.4 is 5.32 Å². The second-order valence-corrected chi connectivity index (χ2v) is 25.4. The normalized spacial score (nSPS) is 23.8. The number of rotatable bonds is 59. The van der Waals surface area contributed by atoms with Crippen LogP contribution in [0.3, 0.4) is 0 Å². The predicted molar refractivity (Wildman–Crippen MR) is 332 cm³/mol. The lowest BCUT2D eigenvalue weighted by Gasteiger charge is -2.46. The second kappa shape index (κ2) is 54.2. The fourth-order valence-electron chi connectivity index (χ4n) is 12.2. The van der Waals surface area contributed by atoms with E-state index >= 15 is 0 Å². The van der Waals surface area contributed by atoms with Crippen molar-refractivity contribution < 1.29 is 64.6 Å². The number of hydrogen-bond donors (Lipinski definition) is 9. The molecule has 2 saturated heterocycles. The lowest BCUT2D eigenvalue weighted by atomic mass is 9.97. The van der Waals surface area contributed by atoms with E-state index in [9.17, 15) is 45.6 Å². The van der Waals surface area contributed by atoms with Crippen LogP contribution in [0.25, 0.3) is 0 Å². The summed E-state index contributed by atoms with van der Waals surface area (Å²) in [6.07, 6.45) is 46.9. The SMILES string of the molecule is CCCCCCCCCCCCCCCCCCCCCCCCCCCC(=O)NC(COC1OC(CO)C(OC2OC(CO)C(O)C(O)C2O)C(O)C1O)C(O)CCCCCCCCCCCCCCCCCCCCCCCCC. The van der Waals surface area contributed by atoms with Crippen LogP contribution in [0.5, 0.6) is 0 Å². The number of nitrogens with one attached hydrogen (secondary N) is 1. The summed E-state index contributed by atoms with van der Waals surface area (Å²) >= 11 is 0. The minimum Gasteiger partial charge on any atom is -0.394 e. The molecule has 0 aromatic rings. The van der Waals surface area contributed by atoms with Gasteiger partial charge >= 0.3 is 0 Å². The van der Waals surface area contributed by atoms with Crippen LogP contribution in [-0.4, -0.2) is 140 Å². The van der Waals surface area contributed by atoms with Crippen LogP contribution >= 0.6 is 0 Å². The third-order valence-corrected chi connectivity index (χ3v) is 17.8. The number of unbranched alkanes of at least 4 members (excludes halogenated alkanes) is 46. The Labute approximate surface area is 502 Å². The quantitative estimate of drug-likeness (QED) is 0.0259. The Kier molecular flexibility index (Phi) is 50.9. The van der Waals surface area contributed by atoms with Crippen LogP contribution in [-0.2, 0) is 23.7 Å². The molecule has 14 nitrogen and oxygen atoms in total. The van der Waals surface area contributed by atoms with Gasteiger partial charge < -0.3 is 65.1 Å². The van der Waals surface area contributed by atoms with Gasteiger partial charge in [-0.3, -0.25) is 4.79 Å². The lowest BCUT2D eigenvalue weighted by molar-refractivity contribution is -0.359. The minimum atomic E-state index is -1.78. The third kappa shape index (κ3) is 38.3. The smallest absolute Gasteiger partial charge is 0.220 e. The van der Waals surface area contributed by atoms with Crippen molar-refractivity contribution in [1.29, 1.82) is 0 Å². The van der Waals surface area contributed by atoms with Gasteiger partial charge in [0, 0.05) is 6.42 Å². The zero-order chi connectivity index (χ0) is 59.5. The zero-order valence-electron chi connectivity index (χ0n) is 53.0. The third-order valence-electron chi connectivity index (χ3n) is 17.8. The van der Waals surface area contributed by atoms with Crippen molar-refractivity contribution in [3.05, 3.63) is 0 Å². The summed E-state index contributed by atoms with van der Waals surface area (Å²) in [5, 5.41) is 87.6. The molecule has 2 aliphatic rings. The van der Waals surface area contributed by atoms with E-state index in [0.717, 1.165) is 51.4 Å². The van der Waals surface area contributed by atoms with Gasteiger partial charge in [0.2, 0.25) is 5.91 Å². The molecule has 2 heterocycles. The lowest BCUT2D eigenvalue weighted by Crippen LogP contribution is -2.65. The molecule has 0 aromatic heterocycles. The van der Waals surface area contributed by atoms with Crippen molar-refractivity contribution in [1.82, 2.24) is 5.32 Å². The molecular weight excluding hydrogens is 1040 g/mol. The number of aliphatic hydroxyl groups is 8. The van der Waals surface area contributed by atoms with Crippen LogP contribution in [0.1, 0.15) is 335 Å². The van der Waals surface area contributed by atoms with E-state index < -0.39 is 86.8 Å². The first-order valence-electron chi connectivity index (χ1n) is 35.3. The fourth-order valence-corrected chi connectivity index (χ4v) is 12.2. The summed E-state index contributed by atoms with van der Waals surface area (Å²) in [7, 11) is 0. The Bertz CT molecular complexity index is 1380. The molecule has 12 unspecified atom stereocenters. The van der Waals surface area contributed by atoms with E-state index in [4.69, 9.17) is 18.9 Å². The van der Waals surface area contributed by atoms with Crippen molar-refractivity contribution in [2.75, 3.05) is 19.8 Å². The summed E-state index contributed by atoms with van der Waals surface area (Å²) in [6.45, 7) is 2.93. The molecule has 0 aromatic carbocycles. The number of amides is 1. The van der Waals surface area contributed by atoms with Crippen LogP contribution in [0.4, 0.5) is 0 Å². The molecular formula is C68H133NO13. The summed E-state index contributed by atoms with van der Waals surface area (Å²) < 4.78 is 22.9. The van der Waals surface area contributed by atoms with Gasteiger partial charge in [-0.2, -0.15) is 0 Å². The maximum Gasteiger partial charge on any atom is 0.220 e. The molecule has 0 aliphatic carbocycles. The highest BCUT2D eigenvalue weighted by molar-refractivity contribution is 5.76. The molecule has 488 valence electrons. The molecule has 82 heavy (non-hydrogen) atoms. The van der Waals surface area contributed by atoms with E-state index in [2.05, 4.69) is 19.2 Å². The molecule has 2 rings (SSSR count). The van der Waals surface area contributed by atoms with Crippen molar-refractivity contribution in [3.8, 4) is 0 Å². The van der Waals surface area contributed by atoms with E-state index in [-0.39, 0.29) is 12.5 Å². The van der Waals surface area contributed by atoms with Gasteiger partial charge in [0.15, 0.2) is 12.6 Å². The van der Waals surface area contributed by atoms with Crippen molar-refractivity contribution >= 4 is 5.91 Å². The second-order valence-electron chi connectivity index (χ2n) is 25.4. The van der Waals surface area contributed by atoms with Gasteiger partial charge in [-0.15, -0.1) is 0 Å². The Morgan fingerprint density at radius 2 is 0.695 bits per heavy atom. The van der Waals surface area contributed by atoms with Crippen LogP contribution in [0, 0.1) is 0 Å². The number of carbonyl (C=O) groups is 1. The van der Waals surface area contributed by atoms with E-state index in [1.807, 2.05) is 0 Å². The number of carbonyl (C=O) groups excluding carboxylic acids is 1. The molecule has 2 aliphatic heterocycles. The van der Waals surface area contributed by atoms with Gasteiger partial charge in [0.05, 0.1) is 32.0 Å². The molecule has 0 radical (unpaired) electrons. The fraction of sp³-hybridized carbons (Fsp3) is 0.985. The Balaban J connectivity index is 1.67. The molecule has 14 heteroatoms. The first-order chi connectivity index (χ1) is 40.1. The Morgan fingerprint density at radius 3 is 1.04 bits per heavy atom. The first-order valence-corrected chi connectivity index (χ1v) is 35.3. The average molecular weight is 1170 g/mol. The highest BCUT2D eigenvalue weighted by Crippen LogP contribution is 2.30. The summed E-state index contributed by atoms with van der Waals surface area (Å²) in [6, 6.07) is -0.824. The van der Waals surface area contributed by atoms with Crippen LogP contribution in [0.15, 0.2) is 0 Å². The molecule has 12 atom stereocenters. The maximum absolute atomic E-state index is 13.3. The topological polar surface area (TPSA) is 228 Å². The largest absolute Gasteiger partial charge is 0.394 e. The molecule has 0 bridgehead atoms. The first kappa shape index (κ1) is 77.1. The monoisotopic (exact) mass is 1170 g/mol. The van der Waals surface area contributed by atoms with Crippen molar-refractivity contribution in [3.63, 3.8) is 0 Å². The molecule has 2 fully saturated rings. The molecule has 9 N–H and O–H groups in total. The highest BCUT2D eigenvalue weighted by Gasteiger charge is 2.51. The molecule has 0 saturated carbocycles. The number of hydrogen-bond acceptors (Lipinski definition) is 13. The highest BCUT2D eigenvalue weighted by atomic mass is 16.7. The molecule has 1 amide bonds.